The molecule has 0 atom stereocenters. The first kappa shape index (κ1) is 14.1. The van der Waals surface area contributed by atoms with Crippen molar-refractivity contribution in [3.63, 3.8) is 0 Å². The van der Waals surface area contributed by atoms with Gasteiger partial charge in [0.25, 0.3) is 0 Å². The minimum atomic E-state index is 0.685. The molecule has 0 spiro atoms. The second-order valence-electron chi connectivity index (χ2n) is 5.26. The molecule has 3 aromatic rings. The molecular formula is C16H19N3OS. The summed E-state index contributed by atoms with van der Waals surface area (Å²) in [6.45, 7) is 6.99. The lowest BCUT2D eigenvalue weighted by atomic mass is 10.1. The van der Waals surface area contributed by atoms with Crippen LogP contribution < -0.4 is 10.1 Å². The molecule has 0 radical (unpaired) electrons. The summed E-state index contributed by atoms with van der Waals surface area (Å²) >= 11 is 1.61. The van der Waals surface area contributed by atoms with Crippen LogP contribution in [0.2, 0.25) is 0 Å². The Balaban J connectivity index is 2.05. The molecule has 2 heterocycles. The number of hydrogen-bond donors (Lipinski definition) is 1. The zero-order valence-electron chi connectivity index (χ0n) is 12.7. The lowest BCUT2D eigenvalue weighted by Gasteiger charge is -2.11. The van der Waals surface area contributed by atoms with Crippen LogP contribution in [0, 0.1) is 20.8 Å². The number of rotatable bonds is 4. The third-order valence-electron chi connectivity index (χ3n) is 3.64. The van der Waals surface area contributed by atoms with Crippen molar-refractivity contribution in [1.29, 1.82) is 0 Å². The third-order valence-corrected chi connectivity index (χ3v) is 4.40. The number of nitrogens with one attached hydrogen (secondary N) is 1. The quantitative estimate of drug-likeness (QED) is 0.796. The highest BCUT2D eigenvalue weighted by Crippen LogP contribution is 2.31. The van der Waals surface area contributed by atoms with Gasteiger partial charge in [-0.25, -0.2) is 0 Å². The van der Waals surface area contributed by atoms with Gasteiger partial charge in [-0.3, -0.25) is 4.40 Å². The molecular weight excluding hydrogens is 282 g/mol. The van der Waals surface area contributed by atoms with Crippen molar-refractivity contribution in [1.82, 2.24) is 14.7 Å². The van der Waals surface area contributed by atoms with Crippen molar-refractivity contribution in [2.75, 3.05) is 7.05 Å². The van der Waals surface area contributed by atoms with Crippen molar-refractivity contribution in [3.05, 3.63) is 46.1 Å². The lowest BCUT2D eigenvalue weighted by molar-refractivity contribution is 0.453. The van der Waals surface area contributed by atoms with E-state index in [-0.39, 0.29) is 0 Å². The average Bonchev–Trinajstić information content (AvgIpc) is 2.99. The van der Waals surface area contributed by atoms with Gasteiger partial charge < -0.3 is 10.1 Å². The SMILES string of the molecule is CNCc1c(Oc2cc(C)cc(C)c2C)nc2sccn12. The largest absolute Gasteiger partial charge is 0.437 e. The number of benzene rings is 1. The molecule has 0 unspecified atom stereocenters. The molecule has 21 heavy (non-hydrogen) atoms. The summed E-state index contributed by atoms with van der Waals surface area (Å²) in [5.41, 5.74) is 4.64. The van der Waals surface area contributed by atoms with Gasteiger partial charge >= 0.3 is 0 Å². The van der Waals surface area contributed by atoms with Crippen LogP contribution in [0.1, 0.15) is 22.4 Å². The molecule has 0 amide bonds. The Kier molecular flexibility index (Phi) is 3.69. The summed E-state index contributed by atoms with van der Waals surface area (Å²) in [5.74, 6) is 1.57. The fraction of sp³-hybridized carbons (Fsp3) is 0.312. The maximum absolute atomic E-state index is 6.13. The average molecular weight is 301 g/mol. The Hall–Kier alpha value is -1.85. The van der Waals surface area contributed by atoms with Crippen molar-refractivity contribution in [2.24, 2.45) is 0 Å². The van der Waals surface area contributed by atoms with E-state index < -0.39 is 0 Å². The first-order valence-electron chi connectivity index (χ1n) is 6.95. The van der Waals surface area contributed by atoms with Gasteiger partial charge in [0.05, 0.1) is 0 Å². The van der Waals surface area contributed by atoms with Crippen LogP contribution in [-0.2, 0) is 6.54 Å². The summed E-state index contributed by atoms with van der Waals surface area (Å²) in [7, 11) is 1.93. The Morgan fingerprint density at radius 2 is 2.10 bits per heavy atom. The van der Waals surface area contributed by atoms with Crippen LogP contribution in [0.3, 0.4) is 0 Å². The van der Waals surface area contributed by atoms with Crippen molar-refractivity contribution >= 4 is 16.3 Å². The number of ether oxygens (including phenoxy) is 1. The number of imidazole rings is 1. The van der Waals surface area contributed by atoms with Crippen LogP contribution in [0.15, 0.2) is 23.7 Å². The molecule has 1 N–H and O–H groups in total. The minimum absolute atomic E-state index is 0.685. The minimum Gasteiger partial charge on any atom is -0.437 e. The van der Waals surface area contributed by atoms with Crippen LogP contribution in [0.4, 0.5) is 0 Å². The summed E-state index contributed by atoms with van der Waals surface area (Å²) in [4.78, 5) is 5.56. The van der Waals surface area contributed by atoms with Crippen molar-refractivity contribution < 1.29 is 4.74 Å². The first-order chi connectivity index (χ1) is 10.1. The second kappa shape index (κ2) is 5.50. The van der Waals surface area contributed by atoms with E-state index in [0.717, 1.165) is 28.5 Å². The highest BCUT2D eigenvalue weighted by molar-refractivity contribution is 7.15. The Morgan fingerprint density at radius 1 is 1.29 bits per heavy atom. The monoisotopic (exact) mass is 301 g/mol. The van der Waals surface area contributed by atoms with E-state index in [4.69, 9.17) is 4.74 Å². The molecule has 0 aliphatic heterocycles. The van der Waals surface area contributed by atoms with Crippen LogP contribution in [-0.4, -0.2) is 16.4 Å². The molecule has 4 nitrogen and oxygen atoms in total. The van der Waals surface area contributed by atoms with E-state index in [0.29, 0.717) is 5.88 Å². The van der Waals surface area contributed by atoms with E-state index in [1.807, 2.05) is 18.6 Å². The number of thiazole rings is 1. The Labute approximate surface area is 128 Å². The van der Waals surface area contributed by atoms with Gasteiger partial charge in [0, 0.05) is 18.1 Å². The highest BCUT2D eigenvalue weighted by atomic mass is 32.1. The van der Waals surface area contributed by atoms with Gasteiger partial charge in [-0.2, -0.15) is 4.98 Å². The summed E-state index contributed by atoms with van der Waals surface area (Å²) in [6, 6.07) is 4.24. The fourth-order valence-electron chi connectivity index (χ4n) is 2.43. The number of fused-ring (bicyclic) bond motifs is 1. The van der Waals surface area contributed by atoms with Gasteiger partial charge in [-0.1, -0.05) is 6.07 Å². The molecule has 110 valence electrons. The standard InChI is InChI=1S/C16H19N3OS/c1-10-7-11(2)12(3)14(8-10)20-15-13(9-17-4)19-5-6-21-16(19)18-15/h5-8,17H,9H2,1-4H3. The zero-order chi connectivity index (χ0) is 15.0. The number of aromatic nitrogens is 2. The predicted molar refractivity (Wildman–Crippen MR) is 86.6 cm³/mol. The molecule has 3 rings (SSSR count). The number of aryl methyl sites for hydroxylation is 2. The molecule has 0 fully saturated rings. The summed E-state index contributed by atoms with van der Waals surface area (Å²) < 4.78 is 8.21. The van der Waals surface area contributed by atoms with E-state index in [9.17, 15) is 0 Å². The predicted octanol–water partition coefficient (Wildman–Crippen LogP) is 3.83. The van der Waals surface area contributed by atoms with Crippen molar-refractivity contribution in [3.8, 4) is 11.6 Å². The molecule has 0 saturated carbocycles. The summed E-state index contributed by atoms with van der Waals surface area (Å²) in [5, 5.41) is 5.21. The zero-order valence-corrected chi connectivity index (χ0v) is 13.5. The molecule has 0 aliphatic rings. The molecule has 0 aliphatic carbocycles. The van der Waals surface area contributed by atoms with Gasteiger partial charge in [0.15, 0.2) is 4.96 Å². The molecule has 5 heteroatoms. The van der Waals surface area contributed by atoms with Gasteiger partial charge in [0.1, 0.15) is 11.4 Å². The highest BCUT2D eigenvalue weighted by Gasteiger charge is 2.16. The number of hydrogen-bond acceptors (Lipinski definition) is 4. The summed E-state index contributed by atoms with van der Waals surface area (Å²) in [6.07, 6.45) is 2.03. The Bertz CT molecular complexity index is 788. The molecule has 1 aromatic carbocycles. The van der Waals surface area contributed by atoms with Crippen LogP contribution in [0.25, 0.3) is 4.96 Å². The van der Waals surface area contributed by atoms with E-state index in [1.165, 1.54) is 11.1 Å². The molecule has 0 saturated heterocycles. The van der Waals surface area contributed by atoms with E-state index in [1.54, 1.807) is 11.3 Å². The normalized spacial score (nSPS) is 11.2. The smallest absolute Gasteiger partial charge is 0.243 e. The lowest BCUT2D eigenvalue weighted by Crippen LogP contribution is -2.08. The first-order valence-corrected chi connectivity index (χ1v) is 7.83. The molecule has 2 aromatic heterocycles. The Morgan fingerprint density at radius 3 is 2.86 bits per heavy atom. The maximum Gasteiger partial charge on any atom is 0.243 e. The van der Waals surface area contributed by atoms with E-state index >= 15 is 0 Å². The third kappa shape index (κ3) is 2.54. The van der Waals surface area contributed by atoms with Gasteiger partial charge in [-0.05, 0) is 50.6 Å². The molecule has 0 bridgehead atoms. The van der Waals surface area contributed by atoms with Gasteiger partial charge in [0.2, 0.25) is 5.88 Å². The number of nitrogens with zero attached hydrogens (tertiary/aromatic N) is 2. The van der Waals surface area contributed by atoms with Crippen molar-refractivity contribution in [2.45, 2.75) is 27.3 Å². The van der Waals surface area contributed by atoms with Crippen LogP contribution in [0.5, 0.6) is 11.6 Å². The second-order valence-corrected chi connectivity index (χ2v) is 6.13. The van der Waals surface area contributed by atoms with Gasteiger partial charge in [-0.15, -0.1) is 11.3 Å². The maximum atomic E-state index is 6.13. The van der Waals surface area contributed by atoms with Crippen LogP contribution >= 0.6 is 11.3 Å². The fourth-order valence-corrected chi connectivity index (χ4v) is 3.16. The topological polar surface area (TPSA) is 38.6 Å². The van der Waals surface area contributed by atoms with E-state index in [2.05, 4.69) is 47.6 Å².